The summed E-state index contributed by atoms with van der Waals surface area (Å²) >= 11 is 0. The number of carbonyl (C=O) groups is 1. The second kappa shape index (κ2) is 8.74. The van der Waals surface area contributed by atoms with E-state index in [1.807, 2.05) is 55.5 Å². The first-order valence-electron chi connectivity index (χ1n) is 9.74. The standard InChI is InChI=1S/C25H22O5/c1-3-28-22-7-5-4-6-18(22)14-24-25(26)21-13-12-20(15-23(21)30-24)29-16-17-8-10-19(27-2)11-9-17/h4-15H,3,16H2,1-2H3/b24-14-. The predicted octanol–water partition coefficient (Wildman–Crippen LogP) is 5.29. The summed E-state index contributed by atoms with van der Waals surface area (Å²) in [6, 6.07) is 20.5. The van der Waals surface area contributed by atoms with E-state index >= 15 is 0 Å². The number of rotatable bonds is 7. The number of para-hydroxylation sites is 1. The molecule has 0 aromatic heterocycles. The number of benzene rings is 3. The van der Waals surface area contributed by atoms with E-state index in [1.54, 1.807) is 31.4 Å². The highest BCUT2D eigenvalue weighted by molar-refractivity contribution is 6.14. The van der Waals surface area contributed by atoms with Crippen LogP contribution in [0.25, 0.3) is 6.08 Å². The molecule has 1 aliphatic heterocycles. The molecule has 0 N–H and O–H groups in total. The van der Waals surface area contributed by atoms with Gasteiger partial charge in [-0.2, -0.15) is 0 Å². The monoisotopic (exact) mass is 402 g/mol. The Morgan fingerprint density at radius 1 is 0.933 bits per heavy atom. The van der Waals surface area contributed by atoms with Gasteiger partial charge < -0.3 is 18.9 Å². The molecule has 0 atom stereocenters. The van der Waals surface area contributed by atoms with Gasteiger partial charge in [-0.3, -0.25) is 4.79 Å². The minimum absolute atomic E-state index is 0.155. The summed E-state index contributed by atoms with van der Waals surface area (Å²) in [5.41, 5.74) is 2.33. The highest BCUT2D eigenvalue weighted by atomic mass is 16.5. The molecule has 0 aliphatic carbocycles. The Kier molecular flexibility index (Phi) is 5.70. The van der Waals surface area contributed by atoms with Crippen molar-refractivity contribution in [1.29, 1.82) is 0 Å². The van der Waals surface area contributed by atoms with E-state index in [2.05, 4.69) is 0 Å². The summed E-state index contributed by atoms with van der Waals surface area (Å²) in [5, 5.41) is 0. The third-order valence-electron chi connectivity index (χ3n) is 4.71. The van der Waals surface area contributed by atoms with Crippen molar-refractivity contribution in [1.82, 2.24) is 0 Å². The molecule has 5 heteroatoms. The van der Waals surface area contributed by atoms with Gasteiger partial charge in [0.15, 0.2) is 5.76 Å². The molecule has 1 heterocycles. The van der Waals surface area contributed by atoms with E-state index in [0.29, 0.717) is 36.0 Å². The van der Waals surface area contributed by atoms with Crippen LogP contribution < -0.4 is 18.9 Å². The van der Waals surface area contributed by atoms with Crippen LogP contribution in [0.2, 0.25) is 0 Å². The molecule has 30 heavy (non-hydrogen) atoms. The first-order valence-corrected chi connectivity index (χ1v) is 9.74. The molecule has 0 radical (unpaired) electrons. The molecule has 5 nitrogen and oxygen atoms in total. The fourth-order valence-electron chi connectivity index (χ4n) is 3.17. The summed E-state index contributed by atoms with van der Waals surface area (Å²) in [6.45, 7) is 2.87. The molecule has 0 spiro atoms. The molecule has 0 saturated carbocycles. The fraction of sp³-hybridized carbons (Fsp3) is 0.160. The number of hydrogen-bond donors (Lipinski definition) is 0. The molecular weight excluding hydrogens is 380 g/mol. The number of fused-ring (bicyclic) bond motifs is 1. The highest BCUT2D eigenvalue weighted by Gasteiger charge is 2.28. The van der Waals surface area contributed by atoms with Crippen molar-refractivity contribution >= 4 is 11.9 Å². The largest absolute Gasteiger partial charge is 0.497 e. The molecule has 0 saturated heterocycles. The third kappa shape index (κ3) is 4.15. The van der Waals surface area contributed by atoms with Crippen molar-refractivity contribution in [2.24, 2.45) is 0 Å². The van der Waals surface area contributed by atoms with Gasteiger partial charge in [0.2, 0.25) is 5.78 Å². The molecule has 0 bridgehead atoms. The van der Waals surface area contributed by atoms with Gasteiger partial charge in [-0.05, 0) is 48.9 Å². The van der Waals surface area contributed by atoms with Crippen molar-refractivity contribution in [2.45, 2.75) is 13.5 Å². The summed E-state index contributed by atoms with van der Waals surface area (Å²) in [7, 11) is 1.63. The smallest absolute Gasteiger partial charge is 0.231 e. The quantitative estimate of drug-likeness (QED) is 0.503. The zero-order chi connectivity index (χ0) is 20.9. The van der Waals surface area contributed by atoms with Crippen molar-refractivity contribution in [3.05, 3.63) is 89.2 Å². The first kappa shape index (κ1) is 19.6. The lowest BCUT2D eigenvalue weighted by atomic mass is 10.1. The van der Waals surface area contributed by atoms with E-state index in [0.717, 1.165) is 16.9 Å². The SMILES string of the molecule is CCOc1ccccc1/C=C1\Oc2cc(OCc3ccc(OC)cc3)ccc2C1=O. The van der Waals surface area contributed by atoms with Gasteiger partial charge >= 0.3 is 0 Å². The van der Waals surface area contributed by atoms with Crippen LogP contribution in [0.4, 0.5) is 0 Å². The molecule has 0 fully saturated rings. The number of Topliss-reactive ketones (excluding diaryl/α,β-unsaturated/α-hetero) is 1. The molecule has 3 aromatic carbocycles. The topological polar surface area (TPSA) is 54.0 Å². The van der Waals surface area contributed by atoms with Crippen LogP contribution in [-0.2, 0) is 6.61 Å². The van der Waals surface area contributed by atoms with E-state index in [9.17, 15) is 4.79 Å². The maximum atomic E-state index is 12.7. The van der Waals surface area contributed by atoms with Gasteiger partial charge in [0.1, 0.15) is 29.6 Å². The second-order valence-corrected chi connectivity index (χ2v) is 6.71. The number of methoxy groups -OCH3 is 1. The van der Waals surface area contributed by atoms with Crippen LogP contribution in [0.1, 0.15) is 28.4 Å². The highest BCUT2D eigenvalue weighted by Crippen LogP contribution is 2.36. The van der Waals surface area contributed by atoms with Crippen molar-refractivity contribution in [3.8, 4) is 23.0 Å². The average Bonchev–Trinajstić information content (AvgIpc) is 3.09. The van der Waals surface area contributed by atoms with Gasteiger partial charge in [-0.1, -0.05) is 30.3 Å². The Morgan fingerprint density at radius 3 is 2.47 bits per heavy atom. The van der Waals surface area contributed by atoms with E-state index in [-0.39, 0.29) is 11.5 Å². The van der Waals surface area contributed by atoms with Gasteiger partial charge in [-0.25, -0.2) is 0 Å². The van der Waals surface area contributed by atoms with Crippen LogP contribution in [0, 0.1) is 0 Å². The minimum atomic E-state index is -0.155. The summed E-state index contributed by atoms with van der Waals surface area (Å²) in [4.78, 5) is 12.7. The zero-order valence-corrected chi connectivity index (χ0v) is 16.9. The van der Waals surface area contributed by atoms with Crippen molar-refractivity contribution < 1.29 is 23.7 Å². The van der Waals surface area contributed by atoms with Gasteiger partial charge in [-0.15, -0.1) is 0 Å². The Labute approximate surface area is 175 Å². The van der Waals surface area contributed by atoms with Crippen LogP contribution in [0.15, 0.2) is 72.5 Å². The fourth-order valence-corrected chi connectivity index (χ4v) is 3.17. The lowest BCUT2D eigenvalue weighted by Gasteiger charge is -2.08. The number of ether oxygens (including phenoxy) is 4. The molecule has 0 amide bonds. The lowest BCUT2D eigenvalue weighted by Crippen LogP contribution is -1.99. The van der Waals surface area contributed by atoms with E-state index in [4.69, 9.17) is 18.9 Å². The third-order valence-corrected chi connectivity index (χ3v) is 4.71. The van der Waals surface area contributed by atoms with Crippen LogP contribution in [0.3, 0.4) is 0 Å². The normalized spacial score (nSPS) is 13.7. The molecule has 3 aromatic rings. The Bertz CT molecular complexity index is 1080. The predicted molar refractivity (Wildman–Crippen MR) is 114 cm³/mol. The minimum Gasteiger partial charge on any atom is -0.497 e. The number of ketones is 1. The first-order chi connectivity index (χ1) is 14.7. The van der Waals surface area contributed by atoms with Gasteiger partial charge in [0.05, 0.1) is 19.3 Å². The summed E-state index contributed by atoms with van der Waals surface area (Å²) < 4.78 is 22.5. The van der Waals surface area contributed by atoms with Crippen molar-refractivity contribution in [2.75, 3.05) is 13.7 Å². The molecule has 0 unspecified atom stereocenters. The van der Waals surface area contributed by atoms with Crippen LogP contribution >= 0.6 is 0 Å². The molecule has 1 aliphatic rings. The number of carbonyl (C=O) groups excluding carboxylic acids is 1. The van der Waals surface area contributed by atoms with E-state index < -0.39 is 0 Å². The summed E-state index contributed by atoms with van der Waals surface area (Å²) in [6.07, 6.45) is 1.71. The molecular formula is C25H22O5. The number of hydrogen-bond acceptors (Lipinski definition) is 5. The Balaban J connectivity index is 1.49. The van der Waals surface area contributed by atoms with Gasteiger partial charge in [0.25, 0.3) is 0 Å². The molecule has 4 rings (SSSR count). The lowest BCUT2D eigenvalue weighted by molar-refractivity contribution is 0.101. The molecule has 152 valence electrons. The zero-order valence-electron chi connectivity index (χ0n) is 16.9. The maximum absolute atomic E-state index is 12.7. The van der Waals surface area contributed by atoms with Crippen LogP contribution in [0.5, 0.6) is 23.0 Å². The summed E-state index contributed by atoms with van der Waals surface area (Å²) in [5.74, 6) is 2.75. The Hall–Kier alpha value is -3.73. The second-order valence-electron chi connectivity index (χ2n) is 6.71. The average molecular weight is 402 g/mol. The van der Waals surface area contributed by atoms with Gasteiger partial charge in [0, 0.05) is 11.6 Å². The van der Waals surface area contributed by atoms with E-state index in [1.165, 1.54) is 0 Å². The van der Waals surface area contributed by atoms with Crippen LogP contribution in [-0.4, -0.2) is 19.5 Å². The number of allylic oxidation sites excluding steroid dienone is 1. The maximum Gasteiger partial charge on any atom is 0.231 e. The van der Waals surface area contributed by atoms with Crippen molar-refractivity contribution in [3.63, 3.8) is 0 Å². The Morgan fingerprint density at radius 2 is 1.70 bits per heavy atom.